The normalized spacial score (nSPS) is 9.96. The van der Waals surface area contributed by atoms with E-state index in [-0.39, 0.29) is 5.97 Å². The summed E-state index contributed by atoms with van der Waals surface area (Å²) in [5, 5.41) is 6.94. The van der Waals surface area contributed by atoms with Crippen LogP contribution >= 0.6 is 23.8 Å². The molecular formula is C17H17ClN2O3S. The van der Waals surface area contributed by atoms with Gasteiger partial charge in [0.2, 0.25) is 0 Å². The Hall–Kier alpha value is -2.31. The second-order valence-corrected chi connectivity index (χ2v) is 5.57. The number of halogens is 1. The lowest BCUT2D eigenvalue weighted by Crippen LogP contribution is -2.19. The molecule has 0 aliphatic carbocycles. The molecule has 2 N–H and O–H groups in total. The molecule has 0 amide bonds. The molecule has 2 aromatic rings. The molecular weight excluding hydrogens is 348 g/mol. The Morgan fingerprint density at radius 1 is 1.21 bits per heavy atom. The molecule has 2 rings (SSSR count). The quantitative estimate of drug-likeness (QED) is 0.608. The maximum Gasteiger partial charge on any atom is 0.338 e. The molecule has 0 fully saturated rings. The lowest BCUT2D eigenvalue weighted by atomic mass is 10.2. The number of anilines is 2. The molecule has 0 atom stereocenters. The second-order valence-electron chi connectivity index (χ2n) is 4.73. The van der Waals surface area contributed by atoms with Gasteiger partial charge < -0.3 is 20.1 Å². The average molecular weight is 365 g/mol. The molecule has 0 spiro atoms. The van der Waals surface area contributed by atoms with Gasteiger partial charge in [-0.05, 0) is 55.5 Å². The van der Waals surface area contributed by atoms with E-state index in [2.05, 4.69) is 10.6 Å². The van der Waals surface area contributed by atoms with Crippen molar-refractivity contribution in [3.8, 4) is 5.75 Å². The highest BCUT2D eigenvalue weighted by molar-refractivity contribution is 7.80. The van der Waals surface area contributed by atoms with Crippen LogP contribution in [0.2, 0.25) is 5.02 Å². The summed E-state index contributed by atoms with van der Waals surface area (Å²) >= 11 is 11.3. The first kappa shape index (κ1) is 18.0. The Labute approximate surface area is 150 Å². The maximum atomic E-state index is 11.8. The van der Waals surface area contributed by atoms with Crippen molar-refractivity contribution in [2.75, 3.05) is 24.4 Å². The number of esters is 1. The van der Waals surface area contributed by atoms with Gasteiger partial charge >= 0.3 is 5.97 Å². The molecule has 0 unspecified atom stereocenters. The molecule has 2 aromatic carbocycles. The minimum absolute atomic E-state index is 0.324. The summed E-state index contributed by atoms with van der Waals surface area (Å²) in [7, 11) is 1.56. The van der Waals surface area contributed by atoms with Crippen LogP contribution in [0.15, 0.2) is 42.5 Å². The smallest absolute Gasteiger partial charge is 0.338 e. The van der Waals surface area contributed by atoms with Crippen molar-refractivity contribution < 1.29 is 14.3 Å². The summed E-state index contributed by atoms with van der Waals surface area (Å²) in [5.74, 6) is 0.236. The van der Waals surface area contributed by atoms with Gasteiger partial charge in [0.1, 0.15) is 5.75 Å². The molecule has 0 aliphatic heterocycles. The summed E-state index contributed by atoms with van der Waals surface area (Å²) in [6.45, 7) is 2.09. The number of methoxy groups -OCH3 is 1. The van der Waals surface area contributed by atoms with Crippen LogP contribution in [-0.4, -0.2) is 24.8 Å². The summed E-state index contributed by atoms with van der Waals surface area (Å²) in [6, 6.07) is 12.1. The fourth-order valence-corrected chi connectivity index (χ4v) is 2.40. The zero-order chi connectivity index (χ0) is 17.5. The van der Waals surface area contributed by atoms with Crippen molar-refractivity contribution in [2.24, 2.45) is 0 Å². The molecule has 0 radical (unpaired) electrons. The standard InChI is InChI=1S/C17H17ClN2O3S/c1-3-23-16(21)11-5-4-6-13(9-11)19-17(24)20-14-10-12(18)7-8-15(14)22-2/h4-10H,3H2,1-2H3,(H2,19,20,24). The molecule has 0 aromatic heterocycles. The molecule has 0 aliphatic rings. The van der Waals surface area contributed by atoms with Gasteiger partial charge in [0.05, 0.1) is 25.0 Å². The highest BCUT2D eigenvalue weighted by Gasteiger charge is 2.09. The van der Waals surface area contributed by atoms with E-state index in [0.29, 0.717) is 39.4 Å². The third kappa shape index (κ3) is 4.84. The maximum absolute atomic E-state index is 11.8. The Bertz CT molecular complexity index is 752. The van der Waals surface area contributed by atoms with E-state index in [1.165, 1.54) is 0 Å². The number of rotatable bonds is 5. The fourth-order valence-electron chi connectivity index (χ4n) is 2.00. The number of hydrogen-bond acceptors (Lipinski definition) is 4. The number of ether oxygens (including phenoxy) is 2. The number of hydrogen-bond donors (Lipinski definition) is 2. The van der Waals surface area contributed by atoms with Crippen LogP contribution in [0.3, 0.4) is 0 Å². The number of carbonyl (C=O) groups excluding carboxylic acids is 1. The molecule has 7 heteroatoms. The van der Waals surface area contributed by atoms with Crippen molar-refractivity contribution in [3.05, 3.63) is 53.1 Å². The molecule has 0 saturated heterocycles. The predicted molar refractivity (Wildman–Crippen MR) is 100 cm³/mol. The van der Waals surface area contributed by atoms with E-state index < -0.39 is 0 Å². The van der Waals surface area contributed by atoms with E-state index in [0.717, 1.165) is 0 Å². The van der Waals surface area contributed by atoms with Crippen LogP contribution in [0.4, 0.5) is 11.4 Å². The van der Waals surface area contributed by atoms with Crippen molar-refractivity contribution in [3.63, 3.8) is 0 Å². The first-order chi connectivity index (χ1) is 11.5. The molecule has 0 heterocycles. The monoisotopic (exact) mass is 364 g/mol. The Morgan fingerprint density at radius 3 is 2.71 bits per heavy atom. The number of carbonyl (C=O) groups is 1. The van der Waals surface area contributed by atoms with Crippen LogP contribution < -0.4 is 15.4 Å². The first-order valence-electron chi connectivity index (χ1n) is 7.22. The Morgan fingerprint density at radius 2 is 2.00 bits per heavy atom. The van der Waals surface area contributed by atoms with Crippen LogP contribution in [0.5, 0.6) is 5.75 Å². The van der Waals surface area contributed by atoms with Gasteiger partial charge in [-0.25, -0.2) is 4.79 Å². The van der Waals surface area contributed by atoms with Crippen molar-refractivity contribution in [1.82, 2.24) is 0 Å². The Kier molecular flexibility index (Phi) is 6.40. The average Bonchev–Trinajstić information content (AvgIpc) is 2.55. The second kappa shape index (κ2) is 8.52. The van der Waals surface area contributed by atoms with E-state index in [9.17, 15) is 4.79 Å². The van der Waals surface area contributed by atoms with Crippen molar-refractivity contribution >= 4 is 46.3 Å². The SMILES string of the molecule is CCOC(=O)c1cccc(NC(=S)Nc2cc(Cl)ccc2OC)c1. The summed E-state index contributed by atoms with van der Waals surface area (Å²) < 4.78 is 10.2. The highest BCUT2D eigenvalue weighted by Crippen LogP contribution is 2.27. The van der Waals surface area contributed by atoms with Gasteiger partial charge in [0.25, 0.3) is 0 Å². The van der Waals surface area contributed by atoms with Crippen molar-refractivity contribution in [2.45, 2.75) is 6.92 Å². The van der Waals surface area contributed by atoms with E-state index in [1.54, 1.807) is 56.5 Å². The van der Waals surface area contributed by atoms with Gasteiger partial charge in [-0.15, -0.1) is 0 Å². The topological polar surface area (TPSA) is 59.6 Å². The lowest BCUT2D eigenvalue weighted by molar-refractivity contribution is 0.0526. The molecule has 5 nitrogen and oxygen atoms in total. The molecule has 0 bridgehead atoms. The van der Waals surface area contributed by atoms with Gasteiger partial charge in [-0.1, -0.05) is 17.7 Å². The lowest BCUT2D eigenvalue weighted by Gasteiger charge is -2.14. The van der Waals surface area contributed by atoms with Crippen LogP contribution in [-0.2, 0) is 4.74 Å². The van der Waals surface area contributed by atoms with Gasteiger partial charge in [-0.2, -0.15) is 0 Å². The van der Waals surface area contributed by atoms with E-state index >= 15 is 0 Å². The first-order valence-corrected chi connectivity index (χ1v) is 8.01. The highest BCUT2D eigenvalue weighted by atomic mass is 35.5. The van der Waals surface area contributed by atoms with Crippen LogP contribution in [0, 0.1) is 0 Å². The van der Waals surface area contributed by atoms with Gasteiger partial charge in [0, 0.05) is 10.7 Å². The zero-order valence-corrected chi connectivity index (χ0v) is 14.8. The minimum atomic E-state index is -0.378. The van der Waals surface area contributed by atoms with Crippen LogP contribution in [0.25, 0.3) is 0 Å². The van der Waals surface area contributed by atoms with Gasteiger partial charge in [-0.3, -0.25) is 0 Å². The fraction of sp³-hybridized carbons (Fsp3) is 0.176. The Balaban J connectivity index is 2.09. The van der Waals surface area contributed by atoms with E-state index in [1.807, 2.05) is 0 Å². The van der Waals surface area contributed by atoms with Crippen LogP contribution in [0.1, 0.15) is 17.3 Å². The summed E-state index contributed by atoms with van der Waals surface area (Å²) in [5.41, 5.74) is 1.76. The minimum Gasteiger partial charge on any atom is -0.495 e. The summed E-state index contributed by atoms with van der Waals surface area (Å²) in [6.07, 6.45) is 0. The summed E-state index contributed by atoms with van der Waals surface area (Å²) in [4.78, 5) is 11.8. The third-order valence-electron chi connectivity index (χ3n) is 3.04. The molecule has 126 valence electrons. The molecule has 24 heavy (non-hydrogen) atoms. The number of thiocarbonyl (C=S) groups is 1. The largest absolute Gasteiger partial charge is 0.495 e. The predicted octanol–water partition coefficient (Wildman–Crippen LogP) is 4.33. The zero-order valence-electron chi connectivity index (χ0n) is 13.3. The van der Waals surface area contributed by atoms with Gasteiger partial charge in [0.15, 0.2) is 5.11 Å². The third-order valence-corrected chi connectivity index (χ3v) is 3.48. The van der Waals surface area contributed by atoms with E-state index in [4.69, 9.17) is 33.3 Å². The molecule has 0 saturated carbocycles. The van der Waals surface area contributed by atoms with Crippen molar-refractivity contribution in [1.29, 1.82) is 0 Å². The number of nitrogens with one attached hydrogen (secondary N) is 2. The number of benzene rings is 2.